The van der Waals surface area contributed by atoms with Crippen LogP contribution in [0.3, 0.4) is 0 Å². The number of rotatable bonds is 5. The molecule has 0 atom stereocenters. The summed E-state index contributed by atoms with van der Waals surface area (Å²) < 4.78 is 11.8. The van der Waals surface area contributed by atoms with E-state index in [0.29, 0.717) is 17.5 Å². The highest BCUT2D eigenvalue weighted by Gasteiger charge is 2.28. The normalized spacial score (nSPS) is 11.6. The minimum absolute atomic E-state index is 0.276. The number of phenolic OH excluding ortho intramolecular Hbond substituents is 1. The lowest BCUT2D eigenvalue weighted by Crippen LogP contribution is -2.11. The van der Waals surface area contributed by atoms with Gasteiger partial charge in [0.05, 0.1) is 0 Å². The van der Waals surface area contributed by atoms with Crippen LogP contribution in [-0.4, -0.2) is 14.9 Å². The van der Waals surface area contributed by atoms with Crippen LogP contribution in [0.25, 0.3) is 11.1 Å². The molecule has 0 saturated heterocycles. The summed E-state index contributed by atoms with van der Waals surface area (Å²) in [7, 11) is -4.57. The highest BCUT2D eigenvalue weighted by molar-refractivity contribution is 7.60. The van der Waals surface area contributed by atoms with Crippen LogP contribution in [0.1, 0.15) is 25.3 Å². The molecule has 0 bridgehead atoms. The lowest BCUT2D eigenvalue weighted by Gasteiger charge is -2.17. The van der Waals surface area contributed by atoms with Gasteiger partial charge in [-0.3, -0.25) is 4.57 Å². The molecule has 4 nitrogen and oxygen atoms in total. The second-order valence-electron chi connectivity index (χ2n) is 4.98. The van der Waals surface area contributed by atoms with E-state index in [-0.39, 0.29) is 11.1 Å². The molecule has 0 aliphatic carbocycles. The van der Waals surface area contributed by atoms with Crippen molar-refractivity contribution in [2.24, 2.45) is 0 Å². The molecule has 2 aromatic carbocycles. The van der Waals surface area contributed by atoms with Gasteiger partial charge in [0.15, 0.2) is 0 Å². The van der Waals surface area contributed by atoms with Gasteiger partial charge >= 0.3 is 7.60 Å². The van der Waals surface area contributed by atoms with E-state index < -0.39 is 7.60 Å². The highest BCUT2D eigenvalue weighted by Crippen LogP contribution is 2.43. The number of phenols is 1. The number of unbranched alkanes of at least 4 members (excludes halogenated alkanes) is 1. The van der Waals surface area contributed by atoms with E-state index in [1.54, 1.807) is 18.2 Å². The monoisotopic (exact) mass is 306 g/mol. The predicted molar refractivity (Wildman–Crippen MR) is 83.8 cm³/mol. The van der Waals surface area contributed by atoms with Crippen molar-refractivity contribution in [3.8, 4) is 16.9 Å². The minimum Gasteiger partial charge on any atom is -0.507 e. The van der Waals surface area contributed by atoms with Crippen LogP contribution < -0.4 is 5.30 Å². The maximum atomic E-state index is 11.8. The van der Waals surface area contributed by atoms with Crippen molar-refractivity contribution in [1.82, 2.24) is 0 Å². The van der Waals surface area contributed by atoms with Gasteiger partial charge in [0.2, 0.25) is 0 Å². The molecule has 21 heavy (non-hydrogen) atoms. The lowest BCUT2D eigenvalue weighted by atomic mass is 9.96. The third-order valence-electron chi connectivity index (χ3n) is 3.40. The Morgan fingerprint density at radius 3 is 2.29 bits per heavy atom. The number of aromatic hydroxyl groups is 1. The number of hydrogen-bond donors (Lipinski definition) is 3. The van der Waals surface area contributed by atoms with Gasteiger partial charge < -0.3 is 14.9 Å². The Balaban J connectivity index is 2.72. The molecule has 3 N–H and O–H groups in total. The van der Waals surface area contributed by atoms with Crippen LogP contribution in [0.15, 0.2) is 42.5 Å². The van der Waals surface area contributed by atoms with Crippen molar-refractivity contribution in [1.29, 1.82) is 0 Å². The van der Waals surface area contributed by atoms with Crippen molar-refractivity contribution in [2.75, 3.05) is 0 Å². The molecular weight excluding hydrogens is 287 g/mol. The van der Waals surface area contributed by atoms with Gasteiger partial charge in [0, 0.05) is 5.56 Å². The maximum Gasteiger partial charge on any atom is 0.360 e. The van der Waals surface area contributed by atoms with Crippen molar-refractivity contribution in [3.63, 3.8) is 0 Å². The summed E-state index contributed by atoms with van der Waals surface area (Å²) in [6, 6.07) is 12.2. The van der Waals surface area contributed by atoms with Gasteiger partial charge in [-0.1, -0.05) is 49.7 Å². The Labute approximate surface area is 124 Å². The second-order valence-corrected chi connectivity index (χ2v) is 6.52. The minimum atomic E-state index is -4.57. The van der Waals surface area contributed by atoms with E-state index in [2.05, 4.69) is 6.92 Å². The van der Waals surface area contributed by atoms with E-state index in [1.165, 1.54) is 6.07 Å². The molecular formula is C16H19O4P. The predicted octanol–water partition coefficient (Wildman–Crippen LogP) is 3.20. The van der Waals surface area contributed by atoms with Crippen LogP contribution in [0.2, 0.25) is 0 Å². The lowest BCUT2D eigenvalue weighted by molar-refractivity contribution is 0.384. The summed E-state index contributed by atoms with van der Waals surface area (Å²) in [6.45, 7) is 2.06. The molecule has 0 aliphatic rings. The van der Waals surface area contributed by atoms with Gasteiger partial charge in [-0.2, -0.15) is 0 Å². The number of aryl methyl sites for hydroxylation is 1. The van der Waals surface area contributed by atoms with E-state index in [0.717, 1.165) is 18.4 Å². The molecule has 0 aliphatic heterocycles. The summed E-state index contributed by atoms with van der Waals surface area (Å²) in [5.41, 5.74) is 2.01. The van der Waals surface area contributed by atoms with Crippen LogP contribution in [0, 0.1) is 0 Å². The topological polar surface area (TPSA) is 77.8 Å². The third-order valence-corrected chi connectivity index (χ3v) is 4.43. The van der Waals surface area contributed by atoms with Crippen molar-refractivity contribution in [2.45, 2.75) is 26.2 Å². The van der Waals surface area contributed by atoms with Crippen LogP contribution >= 0.6 is 7.60 Å². The first-order chi connectivity index (χ1) is 9.95. The fourth-order valence-electron chi connectivity index (χ4n) is 2.42. The molecule has 0 fully saturated rings. The molecule has 0 radical (unpaired) electrons. The zero-order valence-corrected chi connectivity index (χ0v) is 12.8. The maximum absolute atomic E-state index is 11.8. The first kappa shape index (κ1) is 15.8. The van der Waals surface area contributed by atoms with E-state index >= 15 is 0 Å². The highest BCUT2D eigenvalue weighted by atomic mass is 31.2. The van der Waals surface area contributed by atoms with Gasteiger partial charge in [-0.15, -0.1) is 0 Å². The van der Waals surface area contributed by atoms with Crippen LogP contribution in [0.4, 0.5) is 0 Å². The van der Waals surface area contributed by atoms with Crippen LogP contribution in [-0.2, 0) is 11.0 Å². The van der Waals surface area contributed by atoms with Crippen molar-refractivity contribution < 1.29 is 19.5 Å². The first-order valence-corrected chi connectivity index (χ1v) is 8.52. The van der Waals surface area contributed by atoms with E-state index in [4.69, 9.17) is 0 Å². The summed E-state index contributed by atoms with van der Waals surface area (Å²) in [5, 5.41) is 9.67. The second kappa shape index (κ2) is 6.44. The molecule has 0 amide bonds. The fraction of sp³-hybridized carbons (Fsp3) is 0.250. The average Bonchev–Trinajstić information content (AvgIpc) is 2.45. The molecule has 0 saturated carbocycles. The molecule has 0 spiro atoms. The third kappa shape index (κ3) is 3.53. The van der Waals surface area contributed by atoms with Crippen molar-refractivity contribution >= 4 is 12.9 Å². The molecule has 112 valence electrons. The summed E-state index contributed by atoms with van der Waals surface area (Å²) in [6.07, 6.45) is 2.62. The van der Waals surface area contributed by atoms with E-state index in [1.807, 2.05) is 18.2 Å². The molecule has 0 unspecified atom stereocenters. The average molecular weight is 306 g/mol. The quantitative estimate of drug-likeness (QED) is 0.741. The smallest absolute Gasteiger partial charge is 0.360 e. The van der Waals surface area contributed by atoms with Gasteiger partial charge in [0.25, 0.3) is 0 Å². The van der Waals surface area contributed by atoms with Gasteiger partial charge in [-0.25, -0.2) is 0 Å². The fourth-order valence-corrected chi connectivity index (χ4v) is 3.36. The molecule has 2 aromatic rings. The first-order valence-electron chi connectivity index (χ1n) is 6.91. The Kier molecular flexibility index (Phi) is 4.84. The number of hydrogen-bond acceptors (Lipinski definition) is 2. The zero-order valence-electron chi connectivity index (χ0n) is 11.9. The Morgan fingerprint density at radius 2 is 1.71 bits per heavy atom. The van der Waals surface area contributed by atoms with E-state index in [9.17, 15) is 19.5 Å². The van der Waals surface area contributed by atoms with Gasteiger partial charge in [0.1, 0.15) is 11.1 Å². The van der Waals surface area contributed by atoms with Gasteiger partial charge in [-0.05, 0) is 30.0 Å². The molecule has 2 rings (SSSR count). The standard InChI is InChI=1S/C16H19O4P/c1-2-3-7-13-10-11-14(17)16(21(18,19)20)15(13)12-8-5-4-6-9-12/h4-6,8-11,17H,2-3,7H2,1H3,(H2,18,19,20). The molecule has 5 heteroatoms. The van der Waals surface area contributed by atoms with Crippen LogP contribution in [0.5, 0.6) is 5.75 Å². The number of benzene rings is 2. The van der Waals surface area contributed by atoms with Crippen molar-refractivity contribution in [3.05, 3.63) is 48.0 Å². The Hall–Kier alpha value is -1.61. The SMILES string of the molecule is CCCCc1ccc(O)c(P(=O)(O)O)c1-c1ccccc1. The molecule has 0 heterocycles. The Bertz CT molecular complexity index is 661. The largest absolute Gasteiger partial charge is 0.507 e. The molecule has 0 aromatic heterocycles. The Morgan fingerprint density at radius 1 is 1.05 bits per heavy atom. The zero-order chi connectivity index (χ0) is 15.5. The summed E-state index contributed by atoms with van der Waals surface area (Å²) in [5.74, 6) is -0.359. The summed E-state index contributed by atoms with van der Waals surface area (Å²) in [4.78, 5) is 19.2. The summed E-state index contributed by atoms with van der Waals surface area (Å²) >= 11 is 0.